The Kier molecular flexibility index (Phi) is 3.43. The van der Waals surface area contributed by atoms with E-state index in [0.717, 1.165) is 29.5 Å². The monoisotopic (exact) mass is 295 g/mol. The molecule has 0 saturated heterocycles. The van der Waals surface area contributed by atoms with Gasteiger partial charge < -0.3 is 10.2 Å². The minimum Gasteiger partial charge on any atom is -0.322 e. The molecular weight excluding hydrogens is 284 g/mol. The third-order valence-corrected chi connectivity index (χ3v) is 3.97. The number of carbonyl (C=O) groups is 1. The molecule has 0 aromatic heterocycles. The quantitative estimate of drug-likeness (QED) is 0.932. The first-order valence-electron chi connectivity index (χ1n) is 6.06. The normalized spacial score (nSPS) is 16.8. The largest absolute Gasteiger partial charge is 0.322 e. The van der Waals surface area contributed by atoms with E-state index in [0.29, 0.717) is 6.54 Å². The Balaban J connectivity index is 1.68. The topological polar surface area (TPSA) is 44.7 Å². The summed E-state index contributed by atoms with van der Waals surface area (Å²) < 4.78 is 26.9. The maximum absolute atomic E-state index is 13.4. The van der Waals surface area contributed by atoms with Crippen molar-refractivity contribution in [2.75, 3.05) is 18.4 Å². The van der Waals surface area contributed by atoms with Gasteiger partial charge >= 0.3 is 0 Å². The summed E-state index contributed by atoms with van der Waals surface area (Å²) in [6.45, 7) is 1.46. The molecule has 0 aliphatic carbocycles. The van der Waals surface area contributed by atoms with Crippen molar-refractivity contribution >= 4 is 28.5 Å². The highest BCUT2D eigenvalue weighted by Crippen LogP contribution is 2.31. The molecule has 1 aromatic rings. The van der Waals surface area contributed by atoms with Gasteiger partial charge in [0.15, 0.2) is 5.17 Å². The molecule has 0 atom stereocenters. The Morgan fingerprint density at radius 3 is 2.90 bits per heavy atom. The van der Waals surface area contributed by atoms with Gasteiger partial charge in [0.1, 0.15) is 17.3 Å². The molecule has 0 bridgehead atoms. The van der Waals surface area contributed by atoms with Crippen LogP contribution in [0, 0.1) is 11.6 Å². The van der Waals surface area contributed by atoms with E-state index in [2.05, 4.69) is 10.3 Å². The second-order valence-corrected chi connectivity index (χ2v) is 5.20. The lowest BCUT2D eigenvalue weighted by molar-refractivity contribution is -0.115. The van der Waals surface area contributed by atoms with Gasteiger partial charge in [-0.05, 0) is 17.5 Å². The van der Waals surface area contributed by atoms with Gasteiger partial charge in [-0.1, -0.05) is 17.8 Å². The molecule has 2 aliphatic heterocycles. The smallest absolute Gasteiger partial charge is 0.230 e. The van der Waals surface area contributed by atoms with Crippen molar-refractivity contribution in [3.63, 3.8) is 0 Å². The van der Waals surface area contributed by atoms with E-state index in [1.54, 1.807) is 0 Å². The van der Waals surface area contributed by atoms with Gasteiger partial charge in [-0.3, -0.25) is 9.79 Å². The number of amides is 1. The number of carbonyl (C=O) groups excluding carboxylic acids is 1. The summed E-state index contributed by atoms with van der Waals surface area (Å²) in [4.78, 5) is 18.1. The summed E-state index contributed by atoms with van der Waals surface area (Å²) in [5.74, 6) is -2.01. The van der Waals surface area contributed by atoms with Crippen molar-refractivity contribution in [3.8, 4) is 0 Å². The minimum absolute atomic E-state index is 0.0692. The van der Waals surface area contributed by atoms with Crippen molar-refractivity contribution in [1.29, 1.82) is 0 Å². The lowest BCUT2D eigenvalue weighted by Gasteiger charge is -2.16. The SMILES string of the molecule is O=C(CC1=CSC2=NCCN12)Nc1c(F)cccc1F. The van der Waals surface area contributed by atoms with Crippen molar-refractivity contribution in [3.05, 3.63) is 40.9 Å². The van der Waals surface area contributed by atoms with Crippen LogP contribution in [0.5, 0.6) is 0 Å². The number of thioether (sulfide) groups is 1. The molecule has 104 valence electrons. The fraction of sp³-hybridized carbons (Fsp3) is 0.231. The van der Waals surface area contributed by atoms with Crippen molar-refractivity contribution in [1.82, 2.24) is 4.90 Å². The van der Waals surface area contributed by atoms with Crippen LogP contribution in [0.4, 0.5) is 14.5 Å². The number of para-hydroxylation sites is 1. The van der Waals surface area contributed by atoms with Crippen LogP contribution in [0.25, 0.3) is 0 Å². The van der Waals surface area contributed by atoms with Crippen LogP contribution in [0.2, 0.25) is 0 Å². The standard InChI is InChI=1S/C13H11F2N3OS/c14-9-2-1-3-10(15)12(9)17-11(19)6-8-7-20-13-16-4-5-18(8)13/h1-3,7H,4-6H2,(H,17,19). The summed E-state index contributed by atoms with van der Waals surface area (Å²) in [7, 11) is 0. The molecule has 0 saturated carbocycles. The van der Waals surface area contributed by atoms with Crippen LogP contribution >= 0.6 is 11.8 Å². The first-order chi connectivity index (χ1) is 9.65. The molecule has 2 aliphatic rings. The zero-order valence-corrected chi connectivity index (χ0v) is 11.2. The molecular formula is C13H11F2N3OS. The van der Waals surface area contributed by atoms with Gasteiger partial charge in [0.2, 0.25) is 5.91 Å². The Labute approximate surface area is 118 Å². The molecule has 0 radical (unpaired) electrons. The number of nitrogens with one attached hydrogen (secondary N) is 1. The number of rotatable bonds is 3. The summed E-state index contributed by atoms with van der Waals surface area (Å²) in [6, 6.07) is 3.46. The van der Waals surface area contributed by atoms with E-state index >= 15 is 0 Å². The van der Waals surface area contributed by atoms with Crippen LogP contribution in [-0.4, -0.2) is 29.1 Å². The first-order valence-corrected chi connectivity index (χ1v) is 6.94. The average molecular weight is 295 g/mol. The highest BCUT2D eigenvalue weighted by Gasteiger charge is 2.27. The summed E-state index contributed by atoms with van der Waals surface area (Å²) in [5, 5.41) is 5.00. The number of nitrogens with zero attached hydrogens (tertiary/aromatic N) is 2. The van der Waals surface area contributed by atoms with Crippen LogP contribution in [0.1, 0.15) is 6.42 Å². The number of hydrogen-bond donors (Lipinski definition) is 1. The van der Waals surface area contributed by atoms with E-state index in [1.165, 1.54) is 17.8 Å². The zero-order chi connectivity index (χ0) is 14.1. The number of anilines is 1. The molecule has 1 N–H and O–H groups in total. The van der Waals surface area contributed by atoms with Crippen LogP contribution in [0.3, 0.4) is 0 Å². The average Bonchev–Trinajstić information content (AvgIpc) is 2.99. The third kappa shape index (κ3) is 2.40. The van der Waals surface area contributed by atoms with E-state index in [9.17, 15) is 13.6 Å². The number of benzene rings is 1. The second kappa shape index (κ2) is 5.24. The van der Waals surface area contributed by atoms with Crippen LogP contribution in [0.15, 0.2) is 34.3 Å². The van der Waals surface area contributed by atoms with Crippen molar-refractivity contribution in [2.45, 2.75) is 6.42 Å². The van der Waals surface area contributed by atoms with E-state index in [1.807, 2.05) is 10.3 Å². The Morgan fingerprint density at radius 1 is 1.40 bits per heavy atom. The van der Waals surface area contributed by atoms with E-state index in [-0.39, 0.29) is 6.42 Å². The maximum atomic E-state index is 13.4. The number of halogens is 2. The predicted molar refractivity (Wildman–Crippen MR) is 74.3 cm³/mol. The van der Waals surface area contributed by atoms with Gasteiger partial charge in [-0.15, -0.1) is 0 Å². The van der Waals surface area contributed by atoms with Gasteiger partial charge in [-0.25, -0.2) is 8.78 Å². The lowest BCUT2D eigenvalue weighted by Crippen LogP contribution is -2.24. The molecule has 20 heavy (non-hydrogen) atoms. The zero-order valence-electron chi connectivity index (χ0n) is 10.4. The molecule has 0 spiro atoms. The van der Waals surface area contributed by atoms with Crippen molar-refractivity contribution in [2.24, 2.45) is 4.99 Å². The first kappa shape index (κ1) is 13.1. The van der Waals surface area contributed by atoms with Gasteiger partial charge in [-0.2, -0.15) is 0 Å². The maximum Gasteiger partial charge on any atom is 0.230 e. The van der Waals surface area contributed by atoms with Gasteiger partial charge in [0, 0.05) is 12.2 Å². The number of hydrogen-bond acceptors (Lipinski definition) is 4. The van der Waals surface area contributed by atoms with Gasteiger partial charge in [0.05, 0.1) is 13.0 Å². The van der Waals surface area contributed by atoms with Crippen LogP contribution in [-0.2, 0) is 4.79 Å². The lowest BCUT2D eigenvalue weighted by atomic mass is 10.2. The fourth-order valence-electron chi connectivity index (χ4n) is 2.08. The molecule has 0 unspecified atom stereocenters. The minimum atomic E-state index is -0.781. The molecule has 2 heterocycles. The van der Waals surface area contributed by atoms with E-state index in [4.69, 9.17) is 0 Å². The van der Waals surface area contributed by atoms with Crippen LogP contribution < -0.4 is 5.32 Å². The highest BCUT2D eigenvalue weighted by molar-refractivity contribution is 8.16. The fourth-order valence-corrected chi connectivity index (χ4v) is 3.03. The Hall–Kier alpha value is -1.89. The summed E-state index contributed by atoms with van der Waals surface area (Å²) >= 11 is 1.46. The molecule has 7 heteroatoms. The molecule has 0 fully saturated rings. The Morgan fingerprint density at radius 2 is 2.15 bits per heavy atom. The van der Waals surface area contributed by atoms with Crippen molar-refractivity contribution < 1.29 is 13.6 Å². The summed E-state index contributed by atoms with van der Waals surface area (Å²) in [5.41, 5.74) is 0.402. The van der Waals surface area contributed by atoms with E-state index < -0.39 is 23.2 Å². The predicted octanol–water partition coefficient (Wildman–Crippen LogP) is 2.55. The molecule has 3 rings (SSSR count). The third-order valence-electron chi connectivity index (χ3n) is 3.02. The van der Waals surface area contributed by atoms with Gasteiger partial charge in [0.25, 0.3) is 0 Å². The molecule has 1 aromatic carbocycles. The molecule has 4 nitrogen and oxygen atoms in total. The second-order valence-electron chi connectivity index (χ2n) is 4.36. The Bertz CT molecular complexity index is 610. The number of aliphatic imine (C=N–C) groups is 1. The number of fused-ring (bicyclic) bond motifs is 1. The summed E-state index contributed by atoms with van der Waals surface area (Å²) in [6.07, 6.45) is 0.0692. The highest BCUT2D eigenvalue weighted by atomic mass is 32.2. The molecule has 1 amide bonds. The number of amidine groups is 1.